The smallest absolute Gasteiger partial charge is 0.0101 e. The van der Waals surface area contributed by atoms with Crippen LogP contribution in [0.1, 0.15) is 29.9 Å². The van der Waals surface area contributed by atoms with Gasteiger partial charge >= 0.3 is 0 Å². The molecule has 6 aromatic rings. The van der Waals surface area contributed by atoms with Crippen molar-refractivity contribution >= 4 is 48.7 Å². The normalized spacial score (nSPS) is 16.1. The number of hydrogen-bond acceptors (Lipinski definition) is 0. The van der Waals surface area contributed by atoms with Crippen LogP contribution in [0, 0.1) is 0 Å². The largest absolute Gasteiger partial charge is 0.0800 e. The van der Waals surface area contributed by atoms with E-state index in [4.69, 9.17) is 0 Å². The zero-order valence-corrected chi connectivity index (χ0v) is 18.5. The highest BCUT2D eigenvalue weighted by Gasteiger charge is 2.25. The Morgan fingerprint density at radius 3 is 1.82 bits per heavy atom. The third-order valence-corrected chi connectivity index (χ3v) is 7.49. The lowest BCUT2D eigenvalue weighted by Crippen LogP contribution is -2.00. The van der Waals surface area contributed by atoms with Gasteiger partial charge in [0.25, 0.3) is 0 Å². The molecule has 7 rings (SSSR count). The Hall–Kier alpha value is -3.90. The standard InChI is InChI=1S/C33H24/c1-3-10-24-22(8-1)18-20-32-26(24)12-5-16-30(32)28-14-7-15-29(28)31-17-6-13-27-25-11-4-2-9-23(25)19-21-33(27)31/h1-6,8-14,16-21,29H,7,15H2. The molecule has 0 heterocycles. The average Bonchev–Trinajstić information content (AvgIpc) is 3.37. The molecule has 1 atom stereocenters. The summed E-state index contributed by atoms with van der Waals surface area (Å²) in [6.07, 6.45) is 4.79. The average molecular weight is 421 g/mol. The monoisotopic (exact) mass is 420 g/mol. The van der Waals surface area contributed by atoms with Crippen LogP contribution in [0.3, 0.4) is 0 Å². The van der Waals surface area contributed by atoms with Crippen molar-refractivity contribution in [2.75, 3.05) is 0 Å². The summed E-state index contributed by atoms with van der Waals surface area (Å²) in [6.45, 7) is 0. The van der Waals surface area contributed by atoms with Crippen molar-refractivity contribution in [1.82, 2.24) is 0 Å². The maximum absolute atomic E-state index is 2.48. The van der Waals surface area contributed by atoms with E-state index in [1.165, 1.54) is 66.2 Å². The van der Waals surface area contributed by atoms with Crippen LogP contribution in [0.15, 0.2) is 115 Å². The van der Waals surface area contributed by atoms with E-state index >= 15 is 0 Å². The summed E-state index contributed by atoms with van der Waals surface area (Å²) in [7, 11) is 0. The molecule has 156 valence electrons. The summed E-state index contributed by atoms with van der Waals surface area (Å²) in [5.74, 6) is 0.423. The van der Waals surface area contributed by atoms with Gasteiger partial charge in [-0.1, -0.05) is 115 Å². The zero-order valence-electron chi connectivity index (χ0n) is 18.5. The second-order valence-corrected chi connectivity index (χ2v) is 9.21. The Bertz CT molecular complexity index is 1720. The fourth-order valence-corrected chi connectivity index (χ4v) is 5.98. The molecule has 6 aromatic carbocycles. The van der Waals surface area contributed by atoms with E-state index in [0.29, 0.717) is 5.92 Å². The molecule has 0 heteroatoms. The number of benzene rings is 6. The number of hydrogen-bond donors (Lipinski definition) is 0. The van der Waals surface area contributed by atoms with E-state index in [9.17, 15) is 0 Å². The zero-order chi connectivity index (χ0) is 21.8. The Kier molecular flexibility index (Phi) is 4.14. The van der Waals surface area contributed by atoms with Crippen molar-refractivity contribution in [1.29, 1.82) is 0 Å². The minimum atomic E-state index is 0.423. The fourth-order valence-electron chi connectivity index (χ4n) is 5.98. The Morgan fingerprint density at radius 1 is 0.455 bits per heavy atom. The molecule has 0 saturated carbocycles. The molecule has 1 unspecified atom stereocenters. The summed E-state index contributed by atoms with van der Waals surface area (Å²) < 4.78 is 0. The lowest BCUT2D eigenvalue weighted by atomic mass is 9.83. The Morgan fingerprint density at radius 2 is 1.06 bits per heavy atom. The van der Waals surface area contributed by atoms with Crippen LogP contribution in [0.2, 0.25) is 0 Å². The van der Waals surface area contributed by atoms with Crippen molar-refractivity contribution in [3.8, 4) is 0 Å². The molecule has 0 aromatic heterocycles. The van der Waals surface area contributed by atoms with Crippen LogP contribution >= 0.6 is 0 Å². The van der Waals surface area contributed by atoms with Gasteiger partial charge in [-0.25, -0.2) is 0 Å². The summed E-state index contributed by atoms with van der Waals surface area (Å²) >= 11 is 0. The van der Waals surface area contributed by atoms with E-state index in [2.05, 4.69) is 115 Å². The van der Waals surface area contributed by atoms with E-state index in [-0.39, 0.29) is 0 Å². The molecule has 0 aliphatic heterocycles. The van der Waals surface area contributed by atoms with Crippen molar-refractivity contribution in [3.05, 3.63) is 126 Å². The molecule has 0 nitrogen and oxygen atoms in total. The summed E-state index contributed by atoms with van der Waals surface area (Å²) in [4.78, 5) is 0. The van der Waals surface area contributed by atoms with E-state index in [1.54, 1.807) is 0 Å². The highest BCUT2D eigenvalue weighted by Crippen LogP contribution is 2.46. The first-order valence-corrected chi connectivity index (χ1v) is 11.9. The van der Waals surface area contributed by atoms with Gasteiger partial charge in [0.15, 0.2) is 0 Å². The number of rotatable bonds is 2. The SMILES string of the molecule is C1=C(c2cccc3c2ccc2ccccc23)C(c2cccc3c2ccc2ccccc23)CC1. The molecule has 1 aliphatic carbocycles. The predicted octanol–water partition coefficient (Wildman–Crippen LogP) is 9.26. The molecular formula is C33H24. The fraction of sp³-hybridized carbons (Fsp3) is 0.0909. The number of allylic oxidation sites excluding steroid dienone is 2. The lowest BCUT2D eigenvalue weighted by Gasteiger charge is -2.20. The van der Waals surface area contributed by atoms with E-state index in [0.717, 1.165) is 6.42 Å². The van der Waals surface area contributed by atoms with Crippen LogP contribution in [0.5, 0.6) is 0 Å². The maximum Gasteiger partial charge on any atom is 0.0101 e. The van der Waals surface area contributed by atoms with Crippen molar-refractivity contribution in [2.45, 2.75) is 18.8 Å². The molecule has 0 bridgehead atoms. The predicted molar refractivity (Wildman–Crippen MR) is 143 cm³/mol. The third kappa shape index (κ3) is 2.84. The van der Waals surface area contributed by atoms with Crippen LogP contribution in [-0.4, -0.2) is 0 Å². The minimum Gasteiger partial charge on any atom is -0.0800 e. The number of fused-ring (bicyclic) bond motifs is 6. The van der Waals surface area contributed by atoms with Crippen molar-refractivity contribution in [2.24, 2.45) is 0 Å². The highest BCUT2D eigenvalue weighted by molar-refractivity contribution is 6.12. The van der Waals surface area contributed by atoms with Crippen LogP contribution < -0.4 is 0 Å². The van der Waals surface area contributed by atoms with Gasteiger partial charge in [-0.15, -0.1) is 0 Å². The molecular weight excluding hydrogens is 396 g/mol. The van der Waals surface area contributed by atoms with Gasteiger partial charge in [0.2, 0.25) is 0 Å². The molecule has 33 heavy (non-hydrogen) atoms. The van der Waals surface area contributed by atoms with Crippen LogP contribution in [0.4, 0.5) is 0 Å². The van der Waals surface area contributed by atoms with Gasteiger partial charge < -0.3 is 0 Å². The second kappa shape index (κ2) is 7.32. The van der Waals surface area contributed by atoms with Crippen molar-refractivity contribution < 1.29 is 0 Å². The molecule has 0 saturated heterocycles. The molecule has 1 aliphatic rings. The van der Waals surface area contributed by atoms with Crippen LogP contribution in [0.25, 0.3) is 48.7 Å². The van der Waals surface area contributed by atoms with Gasteiger partial charge in [-0.2, -0.15) is 0 Å². The molecule has 0 amide bonds. The quantitative estimate of drug-likeness (QED) is 0.245. The second-order valence-electron chi connectivity index (χ2n) is 9.21. The minimum absolute atomic E-state index is 0.423. The van der Waals surface area contributed by atoms with Gasteiger partial charge in [0.1, 0.15) is 0 Å². The lowest BCUT2D eigenvalue weighted by molar-refractivity contribution is 0.818. The Balaban J connectivity index is 1.43. The summed E-state index contributed by atoms with van der Waals surface area (Å²) in [5, 5.41) is 10.8. The molecule has 0 spiro atoms. The first kappa shape index (κ1) is 18.7. The maximum atomic E-state index is 2.48. The first-order valence-electron chi connectivity index (χ1n) is 11.9. The third-order valence-electron chi connectivity index (χ3n) is 7.49. The Labute approximate surface area is 193 Å². The van der Waals surface area contributed by atoms with Crippen molar-refractivity contribution in [3.63, 3.8) is 0 Å². The summed E-state index contributed by atoms with van der Waals surface area (Å²) in [5.41, 5.74) is 4.33. The van der Waals surface area contributed by atoms with Gasteiger partial charge in [0.05, 0.1) is 0 Å². The van der Waals surface area contributed by atoms with Gasteiger partial charge in [-0.05, 0) is 72.6 Å². The topological polar surface area (TPSA) is 0 Å². The van der Waals surface area contributed by atoms with E-state index in [1.807, 2.05) is 0 Å². The molecule has 0 N–H and O–H groups in total. The first-order chi connectivity index (χ1) is 16.4. The molecule has 0 radical (unpaired) electrons. The highest BCUT2D eigenvalue weighted by atomic mass is 14.3. The van der Waals surface area contributed by atoms with E-state index < -0.39 is 0 Å². The summed E-state index contributed by atoms with van der Waals surface area (Å²) in [6, 6.07) is 40.4. The van der Waals surface area contributed by atoms with Gasteiger partial charge in [0, 0.05) is 5.92 Å². The molecule has 0 fully saturated rings. The van der Waals surface area contributed by atoms with Crippen LogP contribution in [-0.2, 0) is 0 Å². The van der Waals surface area contributed by atoms with Gasteiger partial charge in [-0.3, -0.25) is 0 Å².